The van der Waals surface area contributed by atoms with Gasteiger partial charge in [0.2, 0.25) is 5.95 Å². The Morgan fingerprint density at radius 1 is 1.05 bits per heavy atom. The number of piperidine rings is 1. The summed E-state index contributed by atoms with van der Waals surface area (Å²) in [6.45, 7) is 13.5. The molecule has 1 saturated heterocycles. The minimum absolute atomic E-state index is 0.00986. The highest BCUT2D eigenvalue weighted by molar-refractivity contribution is 5.83. The summed E-state index contributed by atoms with van der Waals surface area (Å²) in [6.07, 6.45) is 9.71. The second-order valence-electron chi connectivity index (χ2n) is 10.8. The van der Waals surface area contributed by atoms with Crippen LogP contribution < -0.4 is 5.32 Å². The molecule has 0 spiro atoms. The molecule has 3 aromatic heterocycles. The van der Waals surface area contributed by atoms with E-state index in [9.17, 15) is 4.39 Å². The topological polar surface area (TPSA) is 71.8 Å². The summed E-state index contributed by atoms with van der Waals surface area (Å²) in [5, 5.41) is 3.08. The summed E-state index contributed by atoms with van der Waals surface area (Å²) < 4.78 is 31.9. The Labute approximate surface area is 234 Å². The number of anilines is 2. The second kappa shape index (κ2) is 11.8. The maximum atomic E-state index is 15.0. The number of fused-ring (bicyclic) bond motifs is 1. The van der Waals surface area contributed by atoms with E-state index in [2.05, 4.69) is 62.2 Å². The molecule has 1 aliphatic rings. The van der Waals surface area contributed by atoms with E-state index in [0.29, 0.717) is 34.6 Å². The Morgan fingerprint density at radius 2 is 1.82 bits per heavy atom. The lowest BCUT2D eigenvalue weighted by molar-refractivity contribution is 0.184. The van der Waals surface area contributed by atoms with Gasteiger partial charge in [0.15, 0.2) is 11.6 Å². The van der Waals surface area contributed by atoms with Crippen molar-refractivity contribution >= 4 is 22.8 Å². The molecule has 0 bridgehead atoms. The molecule has 1 fully saturated rings. The number of halogens is 2. The fraction of sp³-hybridized carbons (Fsp3) is 0.419. The Kier molecular flexibility index (Phi) is 8.21. The van der Waals surface area contributed by atoms with Crippen molar-refractivity contribution in [3.8, 4) is 11.3 Å². The quantitative estimate of drug-likeness (QED) is 0.236. The average Bonchev–Trinajstić information content (AvgIpc) is 3.30. The van der Waals surface area contributed by atoms with Crippen LogP contribution in [-0.4, -0.2) is 49.0 Å². The lowest BCUT2D eigenvalue weighted by atomic mass is 9.80. The molecule has 0 saturated carbocycles. The molecule has 4 heterocycles. The predicted octanol–water partition coefficient (Wildman–Crippen LogP) is 7.19. The molecule has 9 heteroatoms. The number of nitrogens with zero attached hydrogens (tertiary/aromatic N) is 6. The first-order chi connectivity index (χ1) is 19.3. The van der Waals surface area contributed by atoms with Gasteiger partial charge >= 0.3 is 0 Å². The van der Waals surface area contributed by atoms with Crippen molar-refractivity contribution in [3.63, 3.8) is 0 Å². The van der Waals surface area contributed by atoms with Crippen LogP contribution in [0.4, 0.5) is 20.5 Å². The van der Waals surface area contributed by atoms with Crippen molar-refractivity contribution in [3.05, 3.63) is 71.8 Å². The Balaban J connectivity index is 1.39. The van der Waals surface area contributed by atoms with Gasteiger partial charge in [0.25, 0.3) is 0 Å². The van der Waals surface area contributed by atoms with Crippen LogP contribution in [-0.2, 0) is 0 Å². The van der Waals surface area contributed by atoms with Crippen LogP contribution >= 0.6 is 0 Å². The maximum absolute atomic E-state index is 15.0. The number of aryl methyl sites for hydroxylation is 1. The van der Waals surface area contributed by atoms with Gasteiger partial charge in [-0.2, -0.15) is 0 Å². The van der Waals surface area contributed by atoms with E-state index in [-0.39, 0.29) is 23.2 Å². The monoisotopic (exact) mass is 545 g/mol. The van der Waals surface area contributed by atoms with Gasteiger partial charge in [-0.1, -0.05) is 25.1 Å². The van der Waals surface area contributed by atoms with Gasteiger partial charge in [0, 0.05) is 23.7 Å². The number of hydrogen-bond acceptors (Lipinski definition) is 6. The first-order valence-corrected chi connectivity index (χ1v) is 14.1. The Morgan fingerprint density at radius 3 is 2.48 bits per heavy atom. The normalized spacial score (nSPS) is 15.9. The molecule has 1 atom stereocenters. The first-order valence-electron chi connectivity index (χ1n) is 14.1. The third kappa shape index (κ3) is 5.61. The third-order valence-electron chi connectivity index (χ3n) is 7.86. The van der Waals surface area contributed by atoms with E-state index in [1.165, 1.54) is 24.5 Å². The zero-order chi connectivity index (χ0) is 28.4. The number of rotatable bonds is 8. The van der Waals surface area contributed by atoms with Gasteiger partial charge in [-0.25, -0.2) is 28.7 Å². The lowest BCUT2D eigenvalue weighted by Gasteiger charge is -2.34. The number of pyridine rings is 1. The SMILES string of the molecule is C/C=C/[C@@H](c1ccc(Nc2ncc(F)c(-c3cc(F)c4nc(C)n(C(C)C)c4c3)n2)nc1)C1CCN(CC)CC1. The number of hydrogen-bond donors (Lipinski definition) is 1. The zero-order valence-corrected chi connectivity index (χ0v) is 23.8. The van der Waals surface area contributed by atoms with Crippen molar-refractivity contribution in [1.82, 2.24) is 29.4 Å². The highest BCUT2D eigenvalue weighted by Crippen LogP contribution is 2.34. The van der Waals surface area contributed by atoms with E-state index in [1.54, 1.807) is 6.07 Å². The summed E-state index contributed by atoms with van der Waals surface area (Å²) in [5.74, 6) is 1.17. The van der Waals surface area contributed by atoms with Gasteiger partial charge in [0.05, 0.1) is 11.7 Å². The molecule has 7 nitrogen and oxygen atoms in total. The zero-order valence-electron chi connectivity index (χ0n) is 23.8. The predicted molar refractivity (Wildman–Crippen MR) is 156 cm³/mol. The molecule has 1 aromatic carbocycles. The molecule has 210 valence electrons. The number of benzene rings is 1. The maximum Gasteiger partial charge on any atom is 0.229 e. The molecule has 0 radical (unpaired) electrons. The number of likely N-dealkylation sites (tertiary alicyclic amines) is 1. The van der Waals surface area contributed by atoms with Crippen molar-refractivity contribution in [2.24, 2.45) is 5.92 Å². The smallest absolute Gasteiger partial charge is 0.229 e. The van der Waals surface area contributed by atoms with Crippen LogP contribution in [0.15, 0.2) is 48.8 Å². The largest absolute Gasteiger partial charge is 0.326 e. The average molecular weight is 546 g/mol. The summed E-state index contributed by atoms with van der Waals surface area (Å²) >= 11 is 0. The van der Waals surface area contributed by atoms with Crippen molar-refractivity contribution in [1.29, 1.82) is 0 Å². The van der Waals surface area contributed by atoms with Crippen molar-refractivity contribution in [2.45, 2.75) is 59.4 Å². The van der Waals surface area contributed by atoms with Crippen LogP contribution in [0.25, 0.3) is 22.3 Å². The number of imidazole rings is 1. The Hall–Kier alpha value is -3.72. The van der Waals surface area contributed by atoms with Crippen LogP contribution in [0.1, 0.15) is 63.9 Å². The molecule has 40 heavy (non-hydrogen) atoms. The molecule has 1 N–H and O–H groups in total. The van der Waals surface area contributed by atoms with Crippen LogP contribution in [0.2, 0.25) is 0 Å². The third-order valence-corrected chi connectivity index (χ3v) is 7.86. The summed E-state index contributed by atoms with van der Waals surface area (Å²) in [7, 11) is 0. The van der Waals surface area contributed by atoms with E-state index < -0.39 is 11.6 Å². The minimum Gasteiger partial charge on any atom is -0.326 e. The standard InChI is InChI=1S/C31H37F2N7/c1-6-8-24(21-11-13-39(7-2)14-12-21)22-9-10-28(34-17-22)37-31-35-18-26(33)29(38-31)23-15-25(32)30-27(16-23)40(19(3)4)20(5)36-30/h6,8-10,15-19,21,24H,7,11-14H2,1-5H3,(H,34,35,37,38)/b8-6+/t24-/m1/s1. The molecule has 1 aliphatic heterocycles. The first kappa shape index (κ1) is 27.8. The molecular formula is C31H37F2N7. The molecule has 4 aromatic rings. The minimum atomic E-state index is -0.636. The van der Waals surface area contributed by atoms with E-state index in [0.717, 1.165) is 25.8 Å². The summed E-state index contributed by atoms with van der Waals surface area (Å²) in [4.78, 5) is 20.0. The van der Waals surface area contributed by atoms with E-state index >= 15 is 4.39 Å². The van der Waals surface area contributed by atoms with Crippen LogP contribution in [0, 0.1) is 24.5 Å². The van der Waals surface area contributed by atoms with Crippen molar-refractivity contribution in [2.75, 3.05) is 25.0 Å². The molecular weight excluding hydrogens is 508 g/mol. The number of aromatic nitrogens is 5. The molecule has 0 amide bonds. The fourth-order valence-corrected chi connectivity index (χ4v) is 5.85. The molecule has 0 unspecified atom stereocenters. The van der Waals surface area contributed by atoms with Gasteiger partial charge in [-0.15, -0.1) is 0 Å². The lowest BCUT2D eigenvalue weighted by Crippen LogP contribution is -2.35. The second-order valence-corrected chi connectivity index (χ2v) is 10.8. The van der Waals surface area contributed by atoms with Crippen LogP contribution in [0.3, 0.4) is 0 Å². The molecule has 0 aliphatic carbocycles. The highest BCUT2D eigenvalue weighted by atomic mass is 19.1. The van der Waals surface area contributed by atoms with Gasteiger partial charge in [-0.3, -0.25) is 0 Å². The number of allylic oxidation sites excluding steroid dienone is 2. The van der Waals surface area contributed by atoms with E-state index in [4.69, 9.17) is 0 Å². The van der Waals surface area contributed by atoms with Gasteiger partial charge in [-0.05, 0) is 89.9 Å². The summed E-state index contributed by atoms with van der Waals surface area (Å²) in [5.41, 5.74) is 2.36. The van der Waals surface area contributed by atoms with E-state index in [1.807, 2.05) is 37.6 Å². The Bertz CT molecular complexity index is 1500. The summed E-state index contributed by atoms with van der Waals surface area (Å²) in [6, 6.07) is 7.05. The van der Waals surface area contributed by atoms with Crippen molar-refractivity contribution < 1.29 is 8.78 Å². The number of nitrogens with one attached hydrogen (secondary N) is 1. The fourth-order valence-electron chi connectivity index (χ4n) is 5.85. The molecule has 5 rings (SSSR count). The highest BCUT2D eigenvalue weighted by Gasteiger charge is 2.26. The van der Waals surface area contributed by atoms with Gasteiger partial charge < -0.3 is 14.8 Å². The van der Waals surface area contributed by atoms with Gasteiger partial charge in [0.1, 0.15) is 22.9 Å². The van der Waals surface area contributed by atoms with Crippen LogP contribution in [0.5, 0.6) is 0 Å².